The van der Waals surface area contributed by atoms with Gasteiger partial charge >= 0.3 is 6.18 Å². The Balaban J connectivity index is 2.72. The van der Waals surface area contributed by atoms with E-state index in [1.807, 2.05) is 5.32 Å². The van der Waals surface area contributed by atoms with Gasteiger partial charge in [-0.3, -0.25) is 0 Å². The van der Waals surface area contributed by atoms with Crippen LogP contribution in [0.1, 0.15) is 0 Å². The first-order valence-electron chi connectivity index (χ1n) is 3.64. The molecule has 1 rings (SSSR count). The Morgan fingerprint density at radius 3 is 2.50 bits per heavy atom. The van der Waals surface area contributed by atoms with E-state index in [-0.39, 0.29) is 10.7 Å². The molecule has 0 aliphatic heterocycles. The molecule has 0 aliphatic rings. The van der Waals surface area contributed by atoms with Crippen LogP contribution >= 0.6 is 11.6 Å². The predicted octanol–water partition coefficient (Wildman–Crippen LogP) is 3.45. The van der Waals surface area contributed by atoms with Crippen molar-refractivity contribution in [2.75, 3.05) is 11.9 Å². The van der Waals surface area contributed by atoms with Gasteiger partial charge in [-0.05, 0) is 18.2 Å². The zero-order valence-corrected chi connectivity index (χ0v) is 7.58. The highest BCUT2D eigenvalue weighted by molar-refractivity contribution is 6.30. The monoisotopic (exact) mass is 227 g/mol. The van der Waals surface area contributed by atoms with Crippen LogP contribution in [0.15, 0.2) is 18.2 Å². The summed E-state index contributed by atoms with van der Waals surface area (Å²) in [6, 6.07) is 3.36. The quantitative estimate of drug-likeness (QED) is 0.763. The fraction of sp³-hybridized carbons (Fsp3) is 0.250. The lowest BCUT2D eigenvalue weighted by atomic mass is 10.3. The van der Waals surface area contributed by atoms with Gasteiger partial charge in [-0.15, -0.1) is 0 Å². The Hall–Kier alpha value is -0.970. The fourth-order valence-corrected chi connectivity index (χ4v) is 1.00. The van der Waals surface area contributed by atoms with Gasteiger partial charge in [-0.2, -0.15) is 13.2 Å². The smallest absolute Gasteiger partial charge is 0.374 e. The molecule has 1 nitrogen and oxygen atoms in total. The number of halogens is 5. The first-order chi connectivity index (χ1) is 6.38. The number of hydrogen-bond acceptors (Lipinski definition) is 1. The molecule has 0 aliphatic carbocycles. The molecule has 1 aromatic carbocycles. The molecule has 0 saturated heterocycles. The van der Waals surface area contributed by atoms with Crippen LogP contribution in [-0.2, 0) is 0 Å². The molecule has 78 valence electrons. The van der Waals surface area contributed by atoms with Crippen molar-refractivity contribution in [2.24, 2.45) is 0 Å². The highest BCUT2D eigenvalue weighted by Crippen LogP contribution is 2.21. The summed E-state index contributed by atoms with van der Waals surface area (Å²) >= 11 is 5.48. The summed E-state index contributed by atoms with van der Waals surface area (Å²) in [7, 11) is 0. The number of alkyl halides is 3. The van der Waals surface area contributed by atoms with E-state index in [2.05, 4.69) is 0 Å². The summed E-state index contributed by atoms with van der Waals surface area (Å²) in [5.41, 5.74) is -0.255. The first-order valence-corrected chi connectivity index (χ1v) is 4.02. The second-order valence-electron chi connectivity index (χ2n) is 2.59. The van der Waals surface area contributed by atoms with Crippen LogP contribution in [0.25, 0.3) is 0 Å². The van der Waals surface area contributed by atoms with Gasteiger partial charge in [-0.25, -0.2) is 4.39 Å². The van der Waals surface area contributed by atoms with Crippen molar-refractivity contribution in [3.8, 4) is 0 Å². The van der Waals surface area contributed by atoms with Crippen molar-refractivity contribution in [3.05, 3.63) is 29.0 Å². The van der Waals surface area contributed by atoms with Crippen LogP contribution in [0.5, 0.6) is 0 Å². The molecular weight excluding hydrogens is 222 g/mol. The van der Waals surface area contributed by atoms with Gasteiger partial charge in [-0.1, -0.05) is 11.6 Å². The molecule has 0 fully saturated rings. The molecule has 6 heteroatoms. The molecular formula is C8H6ClF4N. The van der Waals surface area contributed by atoms with Crippen molar-refractivity contribution in [1.29, 1.82) is 0 Å². The molecule has 0 aromatic heterocycles. The summed E-state index contributed by atoms with van der Waals surface area (Å²) < 4.78 is 48.1. The lowest BCUT2D eigenvalue weighted by molar-refractivity contribution is -0.115. The highest BCUT2D eigenvalue weighted by Gasteiger charge is 2.26. The maximum Gasteiger partial charge on any atom is 0.405 e. The van der Waals surface area contributed by atoms with E-state index in [9.17, 15) is 17.6 Å². The molecule has 0 spiro atoms. The average molecular weight is 228 g/mol. The molecule has 0 amide bonds. The number of hydrogen-bond donors (Lipinski definition) is 1. The van der Waals surface area contributed by atoms with Gasteiger partial charge in [0, 0.05) is 5.02 Å². The molecule has 0 saturated carbocycles. The van der Waals surface area contributed by atoms with E-state index in [1.165, 1.54) is 6.07 Å². The Morgan fingerprint density at radius 2 is 1.93 bits per heavy atom. The molecule has 0 heterocycles. The summed E-state index contributed by atoms with van der Waals surface area (Å²) in [5.74, 6) is -0.765. The highest BCUT2D eigenvalue weighted by atomic mass is 35.5. The van der Waals surface area contributed by atoms with Crippen LogP contribution in [0.3, 0.4) is 0 Å². The van der Waals surface area contributed by atoms with E-state index in [1.54, 1.807) is 0 Å². The van der Waals surface area contributed by atoms with Gasteiger partial charge in [0.2, 0.25) is 0 Å². The van der Waals surface area contributed by atoms with Gasteiger partial charge in [0.1, 0.15) is 12.4 Å². The van der Waals surface area contributed by atoms with Crippen molar-refractivity contribution < 1.29 is 17.6 Å². The number of benzene rings is 1. The minimum absolute atomic E-state index is 0.177. The van der Waals surface area contributed by atoms with E-state index in [4.69, 9.17) is 11.6 Å². The van der Waals surface area contributed by atoms with Crippen LogP contribution in [0.2, 0.25) is 5.02 Å². The predicted molar refractivity (Wildman–Crippen MR) is 46.0 cm³/mol. The Kier molecular flexibility index (Phi) is 3.21. The zero-order chi connectivity index (χ0) is 10.8. The summed E-state index contributed by atoms with van der Waals surface area (Å²) in [6.45, 7) is -1.29. The first kappa shape index (κ1) is 11.1. The third kappa shape index (κ3) is 3.41. The van der Waals surface area contributed by atoms with E-state index in [0.29, 0.717) is 0 Å². The molecule has 0 bridgehead atoms. The molecule has 14 heavy (non-hydrogen) atoms. The number of anilines is 1. The average Bonchev–Trinajstić information content (AvgIpc) is 2.05. The maximum absolute atomic E-state index is 12.9. The fourth-order valence-electron chi connectivity index (χ4n) is 0.828. The lowest BCUT2D eigenvalue weighted by Gasteiger charge is -2.10. The largest absolute Gasteiger partial charge is 0.405 e. The third-order valence-corrected chi connectivity index (χ3v) is 1.64. The van der Waals surface area contributed by atoms with Gasteiger partial charge in [0.25, 0.3) is 0 Å². The van der Waals surface area contributed by atoms with E-state index >= 15 is 0 Å². The van der Waals surface area contributed by atoms with Crippen LogP contribution in [0.4, 0.5) is 23.2 Å². The van der Waals surface area contributed by atoms with Crippen molar-refractivity contribution >= 4 is 17.3 Å². The topological polar surface area (TPSA) is 12.0 Å². The van der Waals surface area contributed by atoms with Crippen molar-refractivity contribution in [2.45, 2.75) is 6.18 Å². The van der Waals surface area contributed by atoms with Crippen LogP contribution < -0.4 is 5.32 Å². The van der Waals surface area contributed by atoms with Gasteiger partial charge in [0.05, 0.1) is 5.69 Å². The minimum atomic E-state index is -4.38. The van der Waals surface area contributed by atoms with E-state index < -0.39 is 18.5 Å². The second-order valence-corrected chi connectivity index (χ2v) is 3.03. The molecule has 1 aromatic rings. The van der Waals surface area contributed by atoms with Gasteiger partial charge in [0.15, 0.2) is 0 Å². The standard InChI is InChI=1S/C8H6ClF4N/c9-5-1-2-6(10)7(3-5)14-4-8(11,12)13/h1-3,14H,4H2. The Labute approximate surface area is 82.7 Å². The lowest BCUT2D eigenvalue weighted by Crippen LogP contribution is -2.21. The minimum Gasteiger partial charge on any atom is -0.374 e. The van der Waals surface area contributed by atoms with Crippen molar-refractivity contribution in [1.82, 2.24) is 0 Å². The SMILES string of the molecule is Fc1ccc(Cl)cc1NCC(F)(F)F. The molecule has 0 radical (unpaired) electrons. The normalized spacial score (nSPS) is 11.5. The molecule has 0 atom stereocenters. The molecule has 0 unspecified atom stereocenters. The second kappa shape index (κ2) is 4.04. The van der Waals surface area contributed by atoms with Crippen LogP contribution in [-0.4, -0.2) is 12.7 Å². The maximum atomic E-state index is 12.9. The summed E-state index contributed by atoms with van der Waals surface area (Å²) in [6.07, 6.45) is -4.38. The summed E-state index contributed by atoms with van der Waals surface area (Å²) in [4.78, 5) is 0. The van der Waals surface area contributed by atoms with E-state index in [0.717, 1.165) is 12.1 Å². The van der Waals surface area contributed by atoms with Gasteiger partial charge < -0.3 is 5.32 Å². The Bertz CT molecular complexity index is 324. The molecule has 1 N–H and O–H groups in total. The number of rotatable bonds is 2. The number of nitrogens with one attached hydrogen (secondary N) is 1. The van der Waals surface area contributed by atoms with Crippen LogP contribution in [0, 0.1) is 5.82 Å². The summed E-state index contributed by atoms with van der Waals surface area (Å²) in [5, 5.41) is 2.09. The Morgan fingerprint density at radius 1 is 1.29 bits per heavy atom. The van der Waals surface area contributed by atoms with Crippen molar-refractivity contribution in [3.63, 3.8) is 0 Å². The third-order valence-electron chi connectivity index (χ3n) is 1.41. The zero-order valence-electron chi connectivity index (χ0n) is 6.83.